The van der Waals surface area contributed by atoms with E-state index in [1.807, 2.05) is 6.07 Å². The number of rotatable bonds is 4. The van der Waals surface area contributed by atoms with Gasteiger partial charge in [-0.3, -0.25) is 9.69 Å². The van der Waals surface area contributed by atoms with Gasteiger partial charge >= 0.3 is 0 Å². The van der Waals surface area contributed by atoms with Crippen LogP contribution >= 0.6 is 23.8 Å². The topological polar surface area (TPSA) is 41.6 Å². The molecule has 0 atom stereocenters. The quantitative estimate of drug-likeness (QED) is 0.527. The molecule has 1 N–H and O–H groups in total. The highest BCUT2D eigenvalue weighted by Gasteiger charge is 2.26. The molecule has 1 aliphatic heterocycles. The third kappa shape index (κ3) is 3.00. The normalized spacial score (nSPS) is 16.5. The van der Waals surface area contributed by atoms with Crippen molar-refractivity contribution in [1.82, 2.24) is 10.2 Å². The van der Waals surface area contributed by atoms with Crippen molar-refractivity contribution in [3.8, 4) is 5.75 Å². The van der Waals surface area contributed by atoms with E-state index in [-0.39, 0.29) is 5.91 Å². The van der Waals surface area contributed by atoms with Gasteiger partial charge in [0.05, 0.1) is 5.02 Å². The fraction of sp³-hybridized carbons (Fsp3) is 0.143. The molecule has 1 aromatic carbocycles. The molecule has 0 spiro atoms. The highest BCUT2D eigenvalue weighted by molar-refractivity contribution is 7.80. The zero-order valence-corrected chi connectivity index (χ0v) is 12.4. The Kier molecular flexibility index (Phi) is 4.42. The van der Waals surface area contributed by atoms with Crippen molar-refractivity contribution in [2.75, 3.05) is 13.7 Å². The summed E-state index contributed by atoms with van der Waals surface area (Å²) >= 11 is 11.1. The van der Waals surface area contributed by atoms with Gasteiger partial charge in [-0.15, -0.1) is 0 Å². The number of thiocarbonyl (C=S) groups is 1. The zero-order chi connectivity index (χ0) is 14.7. The molecule has 1 aliphatic rings. The van der Waals surface area contributed by atoms with Crippen LogP contribution in [0.5, 0.6) is 5.75 Å². The van der Waals surface area contributed by atoms with Crippen molar-refractivity contribution in [1.29, 1.82) is 0 Å². The van der Waals surface area contributed by atoms with Crippen LogP contribution in [0.3, 0.4) is 0 Å². The first-order valence-electron chi connectivity index (χ1n) is 5.87. The second kappa shape index (κ2) is 6.07. The van der Waals surface area contributed by atoms with Crippen LogP contribution in [0.25, 0.3) is 6.08 Å². The lowest BCUT2D eigenvalue weighted by atomic mass is 10.2. The Morgan fingerprint density at radius 2 is 2.30 bits per heavy atom. The van der Waals surface area contributed by atoms with E-state index >= 15 is 0 Å². The van der Waals surface area contributed by atoms with Gasteiger partial charge in [0, 0.05) is 7.05 Å². The predicted molar refractivity (Wildman–Crippen MR) is 83.6 cm³/mol. The van der Waals surface area contributed by atoms with Crippen molar-refractivity contribution >= 4 is 40.9 Å². The first kappa shape index (κ1) is 14.6. The minimum Gasteiger partial charge on any atom is -0.488 e. The molecule has 1 saturated heterocycles. The third-order valence-corrected chi connectivity index (χ3v) is 3.38. The number of ether oxygens (including phenoxy) is 1. The van der Waals surface area contributed by atoms with Crippen molar-refractivity contribution in [2.45, 2.75) is 0 Å². The molecule has 0 bridgehead atoms. The smallest absolute Gasteiger partial charge is 0.276 e. The molecule has 104 valence electrons. The Hall–Kier alpha value is -1.85. The fourth-order valence-corrected chi connectivity index (χ4v) is 2.10. The lowest BCUT2D eigenvalue weighted by Gasteiger charge is -2.06. The maximum Gasteiger partial charge on any atom is 0.276 e. The van der Waals surface area contributed by atoms with E-state index in [9.17, 15) is 4.79 Å². The van der Waals surface area contributed by atoms with Crippen LogP contribution in [0.15, 0.2) is 36.6 Å². The molecule has 0 saturated carbocycles. The summed E-state index contributed by atoms with van der Waals surface area (Å²) in [5.41, 5.74) is 1.21. The second-order valence-electron chi connectivity index (χ2n) is 4.14. The maximum atomic E-state index is 11.9. The summed E-state index contributed by atoms with van der Waals surface area (Å²) in [5.74, 6) is 0.408. The summed E-state index contributed by atoms with van der Waals surface area (Å²) in [7, 11) is 1.62. The van der Waals surface area contributed by atoms with Crippen LogP contribution in [0.4, 0.5) is 0 Å². The van der Waals surface area contributed by atoms with Crippen molar-refractivity contribution in [3.05, 3.63) is 47.1 Å². The monoisotopic (exact) mass is 308 g/mol. The molecule has 20 heavy (non-hydrogen) atoms. The number of carbonyl (C=O) groups is 1. The highest BCUT2D eigenvalue weighted by atomic mass is 35.5. The molecule has 6 heteroatoms. The van der Waals surface area contributed by atoms with Crippen molar-refractivity contribution in [2.24, 2.45) is 0 Å². The van der Waals surface area contributed by atoms with Gasteiger partial charge in [0.15, 0.2) is 5.11 Å². The van der Waals surface area contributed by atoms with E-state index in [0.29, 0.717) is 28.2 Å². The van der Waals surface area contributed by atoms with Crippen LogP contribution in [-0.4, -0.2) is 29.6 Å². The van der Waals surface area contributed by atoms with Crippen LogP contribution in [0.1, 0.15) is 5.56 Å². The van der Waals surface area contributed by atoms with Crippen LogP contribution in [0, 0.1) is 0 Å². The predicted octanol–water partition coefficient (Wildman–Crippen LogP) is 2.59. The van der Waals surface area contributed by atoms with Gasteiger partial charge in [0.1, 0.15) is 18.1 Å². The van der Waals surface area contributed by atoms with E-state index in [2.05, 4.69) is 11.9 Å². The number of nitrogens with zero attached hydrogens (tertiary/aromatic N) is 1. The van der Waals surface area contributed by atoms with E-state index in [0.717, 1.165) is 5.56 Å². The first-order chi connectivity index (χ1) is 9.52. The molecule has 1 aromatic rings. The Balaban J connectivity index is 2.22. The van der Waals surface area contributed by atoms with E-state index in [1.54, 1.807) is 31.3 Å². The van der Waals surface area contributed by atoms with E-state index in [4.69, 9.17) is 28.6 Å². The average molecular weight is 309 g/mol. The lowest BCUT2D eigenvalue weighted by Crippen LogP contribution is -2.25. The summed E-state index contributed by atoms with van der Waals surface area (Å²) in [6.07, 6.45) is 3.34. The van der Waals surface area contributed by atoms with Crippen LogP contribution in [0.2, 0.25) is 5.02 Å². The third-order valence-electron chi connectivity index (χ3n) is 2.70. The molecule has 1 heterocycles. The van der Waals surface area contributed by atoms with Crippen LogP contribution in [-0.2, 0) is 4.79 Å². The molecular weight excluding hydrogens is 296 g/mol. The summed E-state index contributed by atoms with van der Waals surface area (Å²) in [5, 5.41) is 3.71. The molecule has 0 unspecified atom stereocenters. The minimum atomic E-state index is -0.168. The average Bonchev–Trinajstić information content (AvgIpc) is 2.65. The fourth-order valence-electron chi connectivity index (χ4n) is 1.66. The summed E-state index contributed by atoms with van der Waals surface area (Å²) in [4.78, 5) is 13.2. The number of benzene rings is 1. The van der Waals surface area contributed by atoms with Gasteiger partial charge in [0.2, 0.25) is 0 Å². The second-order valence-corrected chi connectivity index (χ2v) is 4.94. The number of nitrogens with one attached hydrogen (secondary N) is 1. The van der Waals surface area contributed by atoms with Crippen molar-refractivity contribution < 1.29 is 9.53 Å². The number of carbonyl (C=O) groups excluding carboxylic acids is 1. The van der Waals surface area contributed by atoms with Gasteiger partial charge in [0.25, 0.3) is 5.91 Å². The molecule has 1 amide bonds. The molecule has 0 aromatic heterocycles. The maximum absolute atomic E-state index is 11.9. The van der Waals surface area contributed by atoms with E-state index < -0.39 is 0 Å². The summed E-state index contributed by atoms with van der Waals surface area (Å²) in [6.45, 7) is 3.96. The molecular formula is C14H13ClN2O2S. The van der Waals surface area contributed by atoms with Gasteiger partial charge in [-0.1, -0.05) is 30.3 Å². The Morgan fingerprint density at radius 1 is 1.55 bits per heavy atom. The lowest BCUT2D eigenvalue weighted by molar-refractivity contribution is -0.121. The molecule has 0 radical (unpaired) electrons. The highest BCUT2D eigenvalue weighted by Crippen LogP contribution is 2.26. The number of hydrogen-bond donors (Lipinski definition) is 1. The molecule has 0 aliphatic carbocycles. The van der Waals surface area contributed by atoms with Gasteiger partial charge in [-0.2, -0.15) is 0 Å². The van der Waals surface area contributed by atoms with Gasteiger partial charge in [-0.05, 0) is 36.0 Å². The minimum absolute atomic E-state index is 0.168. The Labute approximate surface area is 127 Å². The largest absolute Gasteiger partial charge is 0.488 e. The molecule has 1 fully saturated rings. The number of halogens is 1. The Bertz CT molecular complexity index is 613. The number of amides is 1. The first-order valence-corrected chi connectivity index (χ1v) is 6.65. The summed E-state index contributed by atoms with van der Waals surface area (Å²) < 4.78 is 5.38. The van der Waals surface area contributed by atoms with Crippen molar-refractivity contribution in [3.63, 3.8) is 0 Å². The Morgan fingerprint density at radius 3 is 2.85 bits per heavy atom. The molecule has 4 nitrogen and oxygen atoms in total. The SMILES string of the molecule is C=CCOc1ccc(C=C2NC(=S)N(C)C2=O)cc1Cl. The standard InChI is InChI=1S/C14H13ClN2O2S/c1-3-6-19-12-5-4-9(7-10(12)15)8-11-13(18)17(2)14(20)16-11/h3-5,7-8H,1,6H2,2H3,(H,16,20). The summed E-state index contributed by atoms with van der Waals surface area (Å²) in [6, 6.07) is 5.29. The zero-order valence-electron chi connectivity index (χ0n) is 10.9. The van der Waals surface area contributed by atoms with E-state index in [1.165, 1.54) is 4.90 Å². The number of hydrogen-bond acceptors (Lipinski definition) is 3. The van der Waals surface area contributed by atoms with Crippen LogP contribution < -0.4 is 10.1 Å². The molecule has 2 rings (SSSR count). The van der Waals surface area contributed by atoms with Gasteiger partial charge in [-0.25, -0.2) is 0 Å². The number of likely N-dealkylation sites (N-methyl/N-ethyl adjacent to an activating group) is 1. The van der Waals surface area contributed by atoms with Gasteiger partial charge < -0.3 is 10.1 Å².